The van der Waals surface area contributed by atoms with E-state index in [-0.39, 0.29) is 48.3 Å². The summed E-state index contributed by atoms with van der Waals surface area (Å²) in [7, 11) is 0. The average Bonchev–Trinajstić information content (AvgIpc) is 3.71. The van der Waals surface area contributed by atoms with Crippen LogP contribution in [0.5, 0.6) is 0 Å². The molecule has 0 bridgehead atoms. The summed E-state index contributed by atoms with van der Waals surface area (Å²) >= 11 is 0. The molecule has 2 unspecified atom stereocenters. The van der Waals surface area contributed by atoms with E-state index >= 15 is 0 Å². The molecule has 0 radical (unpaired) electrons. The van der Waals surface area contributed by atoms with Gasteiger partial charge in [-0.2, -0.15) is 44.3 Å². The van der Waals surface area contributed by atoms with Crippen LogP contribution in [0.15, 0.2) is 36.4 Å². The van der Waals surface area contributed by atoms with Crippen molar-refractivity contribution in [3.05, 3.63) is 64.2 Å². The van der Waals surface area contributed by atoms with E-state index < -0.39 is 65.5 Å². The molecule has 0 saturated carbocycles. The number of carbonyl (C=O) groups is 1. The van der Waals surface area contributed by atoms with Crippen molar-refractivity contribution in [2.45, 2.75) is 88.7 Å². The lowest BCUT2D eigenvalue weighted by Gasteiger charge is -2.40. The molecule has 3 aromatic rings. The third-order valence-corrected chi connectivity index (χ3v) is 8.31. The third kappa shape index (κ3) is 7.63. The first-order valence-corrected chi connectivity index (χ1v) is 15.1. The number of halogens is 9. The summed E-state index contributed by atoms with van der Waals surface area (Å²) in [4.78, 5) is 15.2. The second-order valence-electron chi connectivity index (χ2n) is 11.5. The number of benzene rings is 2. The van der Waals surface area contributed by atoms with Crippen LogP contribution in [-0.2, 0) is 34.4 Å². The summed E-state index contributed by atoms with van der Waals surface area (Å²) in [6.45, 7) is 3.73. The SMILES string of the molecule is CCOC(=O)N1c2ccc(C(F)(F)F)cc2[C@@H](Nc2nnn(C(Cc3cc(C(F)(F)F)cc(C(F)(F)F)c3)C3CCCO3)n2)C[C@H]1CC. The number of hydrogen-bond acceptors (Lipinski definition) is 7. The highest BCUT2D eigenvalue weighted by Gasteiger charge is 2.41. The summed E-state index contributed by atoms with van der Waals surface area (Å²) in [5, 5.41) is 15.2. The predicted molar refractivity (Wildman–Crippen MR) is 152 cm³/mol. The summed E-state index contributed by atoms with van der Waals surface area (Å²) in [5.74, 6) is -0.161. The maximum atomic E-state index is 13.7. The Labute approximate surface area is 268 Å². The zero-order valence-electron chi connectivity index (χ0n) is 25.6. The minimum atomic E-state index is -5.04. The van der Waals surface area contributed by atoms with E-state index in [0.717, 1.165) is 16.9 Å². The number of hydrogen-bond donors (Lipinski definition) is 1. The predicted octanol–water partition coefficient (Wildman–Crippen LogP) is 7.99. The number of alkyl halides is 9. The lowest BCUT2D eigenvalue weighted by Crippen LogP contribution is -2.46. The number of fused-ring (bicyclic) bond motifs is 1. The molecule has 2 aliphatic heterocycles. The highest BCUT2D eigenvalue weighted by Crippen LogP contribution is 2.43. The number of amides is 1. The van der Waals surface area contributed by atoms with Crippen LogP contribution in [0.4, 0.5) is 55.9 Å². The van der Waals surface area contributed by atoms with Gasteiger partial charge in [0.15, 0.2) is 0 Å². The molecule has 1 aromatic heterocycles. The second kappa shape index (κ2) is 13.4. The van der Waals surface area contributed by atoms with E-state index in [4.69, 9.17) is 9.47 Å². The maximum absolute atomic E-state index is 13.7. The molecule has 0 aliphatic carbocycles. The number of aromatic nitrogens is 4. The Kier molecular flexibility index (Phi) is 9.86. The Balaban J connectivity index is 1.49. The monoisotopic (exact) mass is 694 g/mol. The van der Waals surface area contributed by atoms with E-state index in [2.05, 4.69) is 20.7 Å². The van der Waals surface area contributed by atoms with E-state index in [9.17, 15) is 44.3 Å². The Bertz CT molecular complexity index is 1570. The van der Waals surface area contributed by atoms with Gasteiger partial charge in [-0.3, -0.25) is 4.90 Å². The summed E-state index contributed by atoms with van der Waals surface area (Å²) in [6, 6.07) is 1.94. The Morgan fingerprint density at radius 3 is 2.21 bits per heavy atom. The van der Waals surface area contributed by atoms with Crippen LogP contribution in [0.2, 0.25) is 0 Å². The van der Waals surface area contributed by atoms with Crippen LogP contribution in [0, 0.1) is 0 Å². The van der Waals surface area contributed by atoms with Crippen LogP contribution in [-0.4, -0.2) is 51.7 Å². The van der Waals surface area contributed by atoms with E-state index in [1.165, 1.54) is 11.0 Å². The topological polar surface area (TPSA) is 94.4 Å². The molecule has 2 aliphatic rings. The number of carbonyl (C=O) groups excluding carboxylic acids is 1. The highest BCUT2D eigenvalue weighted by molar-refractivity contribution is 5.90. The van der Waals surface area contributed by atoms with Gasteiger partial charge in [-0.15, -0.1) is 5.10 Å². The molecule has 5 rings (SSSR count). The van der Waals surface area contributed by atoms with Gasteiger partial charge in [0.2, 0.25) is 0 Å². The molecule has 9 nitrogen and oxygen atoms in total. The Hall–Kier alpha value is -4.09. The van der Waals surface area contributed by atoms with Crippen molar-refractivity contribution in [2.24, 2.45) is 0 Å². The van der Waals surface area contributed by atoms with Gasteiger partial charge in [0, 0.05) is 12.6 Å². The fourth-order valence-electron chi connectivity index (χ4n) is 6.08. The number of rotatable bonds is 8. The number of nitrogens with one attached hydrogen (secondary N) is 1. The molecule has 18 heteroatoms. The summed E-state index contributed by atoms with van der Waals surface area (Å²) in [6.07, 6.45) is -15.0. The molecule has 1 fully saturated rings. The molecule has 4 atom stereocenters. The zero-order chi connectivity index (χ0) is 35.0. The van der Waals surface area contributed by atoms with Gasteiger partial charge < -0.3 is 14.8 Å². The number of nitrogens with zero attached hydrogens (tertiary/aromatic N) is 5. The zero-order valence-corrected chi connectivity index (χ0v) is 25.6. The van der Waals surface area contributed by atoms with Crippen molar-refractivity contribution in [3.8, 4) is 0 Å². The largest absolute Gasteiger partial charge is 0.449 e. The average molecular weight is 695 g/mol. The van der Waals surface area contributed by atoms with Gasteiger partial charge in [0.1, 0.15) is 6.04 Å². The van der Waals surface area contributed by atoms with Crippen molar-refractivity contribution in [1.29, 1.82) is 0 Å². The smallest absolute Gasteiger partial charge is 0.416 e. The molecule has 1 amide bonds. The standard InChI is InChI=1S/C30H31F9N6O3/c1-3-20-15-22(21-14-17(28(31,32)33)7-8-23(21)44(20)27(46)47-4-2)40-26-41-43-45(42-26)24(25-6-5-9-48-25)12-16-10-18(29(34,35)36)13-19(11-16)30(37,38)39/h7-8,10-11,13-14,20,22,24-25H,3-6,9,12,15H2,1-2H3,(H,40,42)/t20-,22+,24?,25?/m1/s1. The molecule has 3 heterocycles. The van der Waals surface area contributed by atoms with Gasteiger partial charge in [-0.25, -0.2) is 4.79 Å². The molecule has 48 heavy (non-hydrogen) atoms. The van der Waals surface area contributed by atoms with Gasteiger partial charge in [-0.1, -0.05) is 12.0 Å². The molecular formula is C30H31F9N6O3. The molecule has 1 N–H and O–H groups in total. The minimum absolute atomic E-state index is 0.0408. The second-order valence-corrected chi connectivity index (χ2v) is 11.5. The van der Waals surface area contributed by atoms with Crippen LogP contribution in [0.1, 0.15) is 79.4 Å². The first-order valence-electron chi connectivity index (χ1n) is 15.1. The van der Waals surface area contributed by atoms with Crippen LogP contribution in [0.25, 0.3) is 0 Å². The van der Waals surface area contributed by atoms with Crippen LogP contribution < -0.4 is 10.2 Å². The van der Waals surface area contributed by atoms with Crippen LogP contribution in [0.3, 0.4) is 0 Å². The lowest BCUT2D eigenvalue weighted by molar-refractivity contribution is -0.143. The minimum Gasteiger partial charge on any atom is -0.449 e. The molecule has 2 aromatic carbocycles. The fourth-order valence-corrected chi connectivity index (χ4v) is 6.08. The van der Waals surface area contributed by atoms with Crippen molar-refractivity contribution >= 4 is 17.7 Å². The van der Waals surface area contributed by atoms with Crippen molar-refractivity contribution in [3.63, 3.8) is 0 Å². The first-order chi connectivity index (χ1) is 22.5. The van der Waals surface area contributed by atoms with E-state index in [1.807, 2.05) is 0 Å². The Morgan fingerprint density at radius 2 is 1.65 bits per heavy atom. The quantitative estimate of drug-likeness (QED) is 0.239. The van der Waals surface area contributed by atoms with Gasteiger partial charge in [-0.05, 0) is 91.8 Å². The third-order valence-electron chi connectivity index (χ3n) is 8.31. The maximum Gasteiger partial charge on any atom is 0.416 e. The van der Waals surface area contributed by atoms with E-state index in [1.54, 1.807) is 13.8 Å². The number of tetrazole rings is 1. The molecule has 262 valence electrons. The summed E-state index contributed by atoms with van der Waals surface area (Å²) < 4.78 is 133. The lowest BCUT2D eigenvalue weighted by atomic mass is 9.89. The number of ether oxygens (including phenoxy) is 2. The van der Waals surface area contributed by atoms with Gasteiger partial charge in [0.05, 0.1) is 41.1 Å². The van der Waals surface area contributed by atoms with E-state index in [0.29, 0.717) is 38.0 Å². The normalized spacial score (nSPS) is 20.8. The molecular weight excluding hydrogens is 663 g/mol. The fraction of sp³-hybridized carbons (Fsp3) is 0.533. The Morgan fingerprint density at radius 1 is 0.979 bits per heavy atom. The molecule has 0 spiro atoms. The van der Waals surface area contributed by atoms with Crippen molar-refractivity contribution in [2.75, 3.05) is 23.4 Å². The first kappa shape index (κ1) is 35.2. The van der Waals surface area contributed by atoms with Crippen molar-refractivity contribution < 1.29 is 53.8 Å². The van der Waals surface area contributed by atoms with Crippen molar-refractivity contribution in [1.82, 2.24) is 20.2 Å². The van der Waals surface area contributed by atoms with Gasteiger partial charge >= 0.3 is 24.6 Å². The number of anilines is 2. The van der Waals surface area contributed by atoms with Crippen LogP contribution >= 0.6 is 0 Å². The highest BCUT2D eigenvalue weighted by atomic mass is 19.4. The summed E-state index contributed by atoms with van der Waals surface area (Å²) in [5.41, 5.74) is -3.88. The molecule has 1 saturated heterocycles. The van der Waals surface area contributed by atoms with Gasteiger partial charge in [0.25, 0.3) is 5.95 Å².